The minimum atomic E-state index is -0.941. The highest BCUT2D eigenvalue weighted by molar-refractivity contribution is 9.10. The third-order valence-electron chi connectivity index (χ3n) is 2.38. The summed E-state index contributed by atoms with van der Waals surface area (Å²) in [6.45, 7) is 5.44. The summed E-state index contributed by atoms with van der Waals surface area (Å²) in [5, 5.41) is 12.1. The molecule has 0 amide bonds. The predicted octanol–water partition coefficient (Wildman–Crippen LogP) is 3.13. The number of rotatable bonds is 4. The van der Waals surface area contributed by atoms with E-state index < -0.39 is 11.5 Å². The monoisotopic (exact) mass is 306 g/mol. The molecule has 0 radical (unpaired) electrons. The first-order valence-corrected chi connectivity index (χ1v) is 6.66. The molecule has 1 aromatic heterocycles. The van der Waals surface area contributed by atoms with Gasteiger partial charge in [0, 0.05) is 9.35 Å². The Morgan fingerprint density at radius 2 is 2.31 bits per heavy atom. The first kappa shape index (κ1) is 13.7. The Morgan fingerprint density at radius 3 is 2.75 bits per heavy atom. The summed E-state index contributed by atoms with van der Waals surface area (Å²) in [5.74, 6) is -0.386. The third-order valence-corrected chi connectivity index (χ3v) is 4.30. The Labute approximate surface area is 108 Å². The van der Waals surface area contributed by atoms with Crippen LogP contribution in [-0.2, 0) is 9.53 Å². The quantitative estimate of drug-likeness (QED) is 0.869. The zero-order chi connectivity index (χ0) is 12.3. The molecule has 90 valence electrons. The highest BCUT2D eigenvalue weighted by atomic mass is 79.9. The molecule has 0 aliphatic rings. The molecule has 0 fully saturated rings. The van der Waals surface area contributed by atoms with Gasteiger partial charge in [0.25, 0.3) is 0 Å². The Kier molecular flexibility index (Phi) is 4.52. The molecule has 0 aliphatic carbocycles. The average Bonchev–Trinajstić information content (AvgIpc) is 2.63. The zero-order valence-electron chi connectivity index (χ0n) is 9.49. The van der Waals surface area contributed by atoms with E-state index in [1.54, 1.807) is 20.8 Å². The van der Waals surface area contributed by atoms with Crippen molar-refractivity contribution >= 4 is 33.2 Å². The van der Waals surface area contributed by atoms with Gasteiger partial charge >= 0.3 is 5.97 Å². The van der Waals surface area contributed by atoms with Crippen LogP contribution in [0, 0.1) is 5.41 Å². The van der Waals surface area contributed by atoms with Crippen LogP contribution in [0.1, 0.15) is 31.8 Å². The fourth-order valence-corrected chi connectivity index (χ4v) is 3.02. The van der Waals surface area contributed by atoms with Crippen molar-refractivity contribution in [3.63, 3.8) is 0 Å². The van der Waals surface area contributed by atoms with Crippen molar-refractivity contribution < 1.29 is 14.6 Å². The number of esters is 1. The van der Waals surface area contributed by atoms with E-state index in [1.807, 2.05) is 11.4 Å². The molecule has 0 saturated heterocycles. The second-order valence-corrected chi connectivity index (χ2v) is 5.78. The molecule has 1 atom stereocenters. The molecule has 5 heteroatoms. The summed E-state index contributed by atoms with van der Waals surface area (Å²) < 4.78 is 5.78. The van der Waals surface area contributed by atoms with Crippen LogP contribution in [-0.4, -0.2) is 17.7 Å². The Hall–Kier alpha value is -0.390. The smallest absolute Gasteiger partial charge is 0.314 e. The molecule has 1 heterocycles. The van der Waals surface area contributed by atoms with Crippen LogP contribution in [0.15, 0.2) is 15.9 Å². The predicted molar refractivity (Wildman–Crippen MR) is 67.4 cm³/mol. The number of hydrogen-bond donors (Lipinski definition) is 1. The minimum absolute atomic E-state index is 0.320. The average molecular weight is 307 g/mol. The molecule has 0 saturated carbocycles. The molecule has 0 bridgehead atoms. The van der Waals surface area contributed by atoms with Crippen LogP contribution in [0.4, 0.5) is 0 Å². The lowest BCUT2D eigenvalue weighted by Crippen LogP contribution is -2.33. The summed E-state index contributed by atoms with van der Waals surface area (Å²) in [4.78, 5) is 12.5. The number of carbonyl (C=O) groups excluding carboxylic acids is 1. The number of aliphatic hydroxyl groups excluding tert-OH is 1. The topological polar surface area (TPSA) is 46.5 Å². The fraction of sp³-hybridized carbons (Fsp3) is 0.545. The van der Waals surface area contributed by atoms with Gasteiger partial charge in [0.2, 0.25) is 0 Å². The van der Waals surface area contributed by atoms with Crippen molar-refractivity contribution in [1.82, 2.24) is 0 Å². The fourth-order valence-electron chi connectivity index (χ4n) is 1.26. The lowest BCUT2D eigenvalue weighted by Gasteiger charge is -2.27. The van der Waals surface area contributed by atoms with E-state index in [1.165, 1.54) is 11.3 Å². The van der Waals surface area contributed by atoms with Crippen molar-refractivity contribution in [3.05, 3.63) is 20.8 Å². The van der Waals surface area contributed by atoms with E-state index >= 15 is 0 Å². The lowest BCUT2D eigenvalue weighted by atomic mass is 9.86. The Morgan fingerprint density at radius 1 is 1.69 bits per heavy atom. The van der Waals surface area contributed by atoms with Gasteiger partial charge in [0.05, 0.1) is 12.0 Å². The van der Waals surface area contributed by atoms with Crippen LogP contribution in [0.5, 0.6) is 0 Å². The van der Waals surface area contributed by atoms with Crippen molar-refractivity contribution in [2.24, 2.45) is 5.41 Å². The summed E-state index contributed by atoms with van der Waals surface area (Å²) in [7, 11) is 0. The molecule has 0 aliphatic heterocycles. The highest BCUT2D eigenvalue weighted by Gasteiger charge is 2.39. The van der Waals surface area contributed by atoms with E-state index in [-0.39, 0.29) is 5.97 Å². The van der Waals surface area contributed by atoms with Crippen LogP contribution >= 0.6 is 27.3 Å². The largest absolute Gasteiger partial charge is 0.465 e. The van der Waals surface area contributed by atoms with E-state index in [9.17, 15) is 9.90 Å². The molecule has 1 unspecified atom stereocenters. The van der Waals surface area contributed by atoms with Gasteiger partial charge in [-0.25, -0.2) is 0 Å². The molecule has 1 aromatic rings. The minimum Gasteiger partial charge on any atom is -0.465 e. The van der Waals surface area contributed by atoms with Gasteiger partial charge in [0.15, 0.2) is 0 Å². The molecular weight excluding hydrogens is 292 g/mol. The van der Waals surface area contributed by atoms with Gasteiger partial charge in [-0.05, 0) is 48.1 Å². The second kappa shape index (κ2) is 5.29. The van der Waals surface area contributed by atoms with Crippen molar-refractivity contribution in [1.29, 1.82) is 0 Å². The van der Waals surface area contributed by atoms with Crippen molar-refractivity contribution in [3.8, 4) is 0 Å². The van der Waals surface area contributed by atoms with Crippen molar-refractivity contribution in [2.45, 2.75) is 26.9 Å². The van der Waals surface area contributed by atoms with E-state index in [0.717, 1.165) is 9.35 Å². The summed E-state index contributed by atoms with van der Waals surface area (Å²) >= 11 is 4.76. The standard InChI is InChI=1S/C11H15BrO3S/c1-4-15-10(14)11(2,3)9(13)8-7(12)5-6-16-8/h5-6,9,13H,4H2,1-3H3. The summed E-state index contributed by atoms with van der Waals surface area (Å²) in [5.41, 5.74) is -0.941. The van der Waals surface area contributed by atoms with Gasteiger partial charge in [0.1, 0.15) is 6.10 Å². The highest BCUT2D eigenvalue weighted by Crippen LogP contribution is 2.40. The first-order chi connectivity index (χ1) is 7.41. The van der Waals surface area contributed by atoms with E-state index in [2.05, 4.69) is 15.9 Å². The molecule has 1 rings (SSSR count). The molecule has 0 aromatic carbocycles. The second-order valence-electron chi connectivity index (χ2n) is 3.98. The van der Waals surface area contributed by atoms with Crippen LogP contribution in [0.3, 0.4) is 0 Å². The number of halogens is 1. The lowest BCUT2D eigenvalue weighted by molar-refractivity contribution is -0.160. The number of hydrogen-bond acceptors (Lipinski definition) is 4. The number of aliphatic hydroxyl groups is 1. The molecule has 16 heavy (non-hydrogen) atoms. The maximum absolute atomic E-state index is 11.7. The summed E-state index contributed by atoms with van der Waals surface area (Å²) in [6.07, 6.45) is -0.860. The normalized spacial score (nSPS) is 13.6. The van der Waals surface area contributed by atoms with Gasteiger partial charge in [-0.2, -0.15) is 0 Å². The molecule has 3 nitrogen and oxygen atoms in total. The number of thiophene rings is 1. The molecule has 0 spiro atoms. The maximum atomic E-state index is 11.7. The van der Waals surface area contributed by atoms with Gasteiger partial charge in [-0.15, -0.1) is 11.3 Å². The Bertz CT molecular complexity index is 373. The van der Waals surface area contributed by atoms with Crippen LogP contribution in [0.25, 0.3) is 0 Å². The SMILES string of the molecule is CCOC(=O)C(C)(C)C(O)c1sccc1Br. The van der Waals surface area contributed by atoms with E-state index in [4.69, 9.17) is 4.74 Å². The molecule has 1 N–H and O–H groups in total. The van der Waals surface area contributed by atoms with Gasteiger partial charge < -0.3 is 9.84 Å². The number of carbonyl (C=O) groups is 1. The number of ether oxygens (including phenoxy) is 1. The zero-order valence-corrected chi connectivity index (χ0v) is 11.9. The van der Waals surface area contributed by atoms with Gasteiger partial charge in [-0.1, -0.05) is 0 Å². The maximum Gasteiger partial charge on any atom is 0.314 e. The Balaban J connectivity index is 2.92. The van der Waals surface area contributed by atoms with Crippen LogP contribution < -0.4 is 0 Å². The summed E-state index contributed by atoms with van der Waals surface area (Å²) in [6, 6.07) is 1.85. The third kappa shape index (κ3) is 2.64. The van der Waals surface area contributed by atoms with Crippen LogP contribution in [0.2, 0.25) is 0 Å². The first-order valence-electron chi connectivity index (χ1n) is 4.99. The molecular formula is C11H15BrO3S. The van der Waals surface area contributed by atoms with E-state index in [0.29, 0.717) is 6.61 Å². The van der Waals surface area contributed by atoms with Crippen molar-refractivity contribution in [2.75, 3.05) is 6.61 Å². The van der Waals surface area contributed by atoms with Gasteiger partial charge in [-0.3, -0.25) is 4.79 Å².